The predicted molar refractivity (Wildman–Crippen MR) is 91.8 cm³/mol. The summed E-state index contributed by atoms with van der Waals surface area (Å²) in [7, 11) is 0. The van der Waals surface area contributed by atoms with E-state index in [0.717, 1.165) is 31.2 Å². The number of rotatable bonds is 3. The number of aryl methyl sites for hydroxylation is 1. The van der Waals surface area contributed by atoms with Crippen LogP contribution in [0.15, 0.2) is 52.3 Å². The Labute approximate surface area is 135 Å². The van der Waals surface area contributed by atoms with E-state index in [1.165, 1.54) is 21.0 Å². The smallest absolute Gasteiger partial charge is 0.0508 e. The summed E-state index contributed by atoms with van der Waals surface area (Å²) >= 11 is 7.87. The molecule has 0 bridgehead atoms. The fourth-order valence-corrected chi connectivity index (χ4v) is 3.82. The molecule has 3 rings (SSSR count). The van der Waals surface area contributed by atoms with Crippen LogP contribution in [0, 0.1) is 6.92 Å². The third kappa shape index (κ3) is 3.54. The van der Waals surface area contributed by atoms with E-state index in [2.05, 4.69) is 47.5 Å². The van der Waals surface area contributed by atoms with E-state index in [1.807, 2.05) is 23.9 Å². The summed E-state index contributed by atoms with van der Waals surface area (Å²) in [6.07, 6.45) is 0. The quantitative estimate of drug-likeness (QED) is 0.912. The molecule has 110 valence electrons. The van der Waals surface area contributed by atoms with Gasteiger partial charge in [0.25, 0.3) is 0 Å². The molecular formula is C17H19ClN2S. The lowest BCUT2D eigenvalue weighted by Crippen LogP contribution is -2.43. The molecule has 4 heteroatoms. The first kappa shape index (κ1) is 14.8. The van der Waals surface area contributed by atoms with Crippen molar-refractivity contribution >= 4 is 29.1 Å². The third-order valence-corrected chi connectivity index (χ3v) is 5.16. The molecule has 0 saturated carbocycles. The fraction of sp³-hybridized carbons (Fsp3) is 0.294. The Hall–Kier alpha value is -1.16. The number of piperazine rings is 1. The van der Waals surface area contributed by atoms with Gasteiger partial charge in [-0.3, -0.25) is 0 Å². The molecule has 0 spiro atoms. The minimum Gasteiger partial charge on any atom is -0.368 e. The summed E-state index contributed by atoms with van der Waals surface area (Å²) in [5.41, 5.74) is 2.56. The normalized spacial score (nSPS) is 15.2. The Balaban J connectivity index is 1.88. The highest BCUT2D eigenvalue weighted by Crippen LogP contribution is 2.37. The molecule has 0 radical (unpaired) electrons. The molecule has 0 atom stereocenters. The van der Waals surface area contributed by atoms with Gasteiger partial charge in [-0.05, 0) is 42.8 Å². The summed E-state index contributed by atoms with van der Waals surface area (Å²) in [6.45, 7) is 6.36. The van der Waals surface area contributed by atoms with E-state index in [1.54, 1.807) is 0 Å². The molecule has 2 nitrogen and oxygen atoms in total. The monoisotopic (exact) mass is 318 g/mol. The van der Waals surface area contributed by atoms with Crippen LogP contribution in [-0.4, -0.2) is 26.2 Å². The standard InChI is InChI=1S/C17H19ClN2S/c1-13-12-14(18)6-7-16(13)21-17-5-3-2-4-15(17)20-10-8-19-9-11-20/h2-7,12,19H,8-11H2,1H3. The summed E-state index contributed by atoms with van der Waals surface area (Å²) in [6, 6.07) is 14.8. The van der Waals surface area contributed by atoms with Crippen LogP contribution in [-0.2, 0) is 0 Å². The minimum absolute atomic E-state index is 0.798. The predicted octanol–water partition coefficient (Wildman–Crippen LogP) is 4.21. The lowest BCUT2D eigenvalue weighted by molar-refractivity contribution is 0.587. The number of anilines is 1. The van der Waals surface area contributed by atoms with Crippen LogP contribution < -0.4 is 10.2 Å². The molecule has 1 N–H and O–H groups in total. The van der Waals surface area contributed by atoms with Crippen LogP contribution in [0.1, 0.15) is 5.56 Å². The molecule has 1 aliphatic heterocycles. The number of nitrogens with one attached hydrogen (secondary N) is 1. The summed E-state index contributed by atoms with van der Waals surface area (Å²) in [4.78, 5) is 5.04. The second-order valence-corrected chi connectivity index (χ2v) is 6.74. The largest absolute Gasteiger partial charge is 0.368 e. The number of para-hydroxylation sites is 1. The van der Waals surface area contributed by atoms with E-state index in [0.29, 0.717) is 0 Å². The molecule has 0 amide bonds. The van der Waals surface area contributed by atoms with Crippen molar-refractivity contribution in [3.8, 4) is 0 Å². The molecular weight excluding hydrogens is 300 g/mol. The Morgan fingerprint density at radius 2 is 1.81 bits per heavy atom. The van der Waals surface area contributed by atoms with Gasteiger partial charge in [-0.25, -0.2) is 0 Å². The van der Waals surface area contributed by atoms with Crippen molar-refractivity contribution in [3.05, 3.63) is 53.1 Å². The van der Waals surface area contributed by atoms with Crippen LogP contribution in [0.2, 0.25) is 5.02 Å². The Kier molecular flexibility index (Phi) is 4.73. The first-order valence-electron chi connectivity index (χ1n) is 7.23. The van der Waals surface area contributed by atoms with E-state index >= 15 is 0 Å². The van der Waals surface area contributed by atoms with Crippen molar-refractivity contribution in [3.63, 3.8) is 0 Å². The second kappa shape index (κ2) is 6.73. The molecule has 21 heavy (non-hydrogen) atoms. The molecule has 1 saturated heterocycles. The van der Waals surface area contributed by atoms with E-state index in [-0.39, 0.29) is 0 Å². The second-order valence-electron chi connectivity index (χ2n) is 5.22. The first-order chi connectivity index (χ1) is 10.2. The van der Waals surface area contributed by atoms with Gasteiger partial charge in [-0.15, -0.1) is 0 Å². The van der Waals surface area contributed by atoms with Crippen molar-refractivity contribution in [1.29, 1.82) is 0 Å². The average molecular weight is 319 g/mol. The van der Waals surface area contributed by atoms with Crippen molar-refractivity contribution in [2.45, 2.75) is 16.7 Å². The Morgan fingerprint density at radius 1 is 1.05 bits per heavy atom. The minimum atomic E-state index is 0.798. The number of nitrogens with zero attached hydrogens (tertiary/aromatic N) is 1. The maximum atomic E-state index is 6.05. The van der Waals surface area contributed by atoms with E-state index < -0.39 is 0 Å². The zero-order valence-corrected chi connectivity index (χ0v) is 13.7. The average Bonchev–Trinajstić information content (AvgIpc) is 2.51. The van der Waals surface area contributed by atoms with Gasteiger partial charge in [-0.2, -0.15) is 0 Å². The molecule has 2 aromatic carbocycles. The van der Waals surface area contributed by atoms with E-state index in [4.69, 9.17) is 11.6 Å². The molecule has 1 heterocycles. The van der Waals surface area contributed by atoms with E-state index in [9.17, 15) is 0 Å². The zero-order chi connectivity index (χ0) is 14.7. The summed E-state index contributed by atoms with van der Waals surface area (Å²) in [5, 5.41) is 4.20. The van der Waals surface area contributed by atoms with Crippen molar-refractivity contribution in [1.82, 2.24) is 5.32 Å². The molecule has 0 aromatic heterocycles. The number of benzene rings is 2. The molecule has 2 aromatic rings. The van der Waals surface area contributed by atoms with Crippen LogP contribution in [0.5, 0.6) is 0 Å². The lowest BCUT2D eigenvalue weighted by Gasteiger charge is -2.31. The molecule has 0 aliphatic carbocycles. The van der Waals surface area contributed by atoms with Crippen LogP contribution in [0.25, 0.3) is 0 Å². The zero-order valence-electron chi connectivity index (χ0n) is 12.1. The van der Waals surface area contributed by atoms with Gasteiger partial charge in [0.05, 0.1) is 5.69 Å². The van der Waals surface area contributed by atoms with Gasteiger partial charge in [0, 0.05) is 41.0 Å². The summed E-state index contributed by atoms with van der Waals surface area (Å²) < 4.78 is 0. The SMILES string of the molecule is Cc1cc(Cl)ccc1Sc1ccccc1N1CCNCC1. The Bertz CT molecular complexity index is 624. The highest BCUT2D eigenvalue weighted by molar-refractivity contribution is 7.99. The van der Waals surface area contributed by atoms with Crippen LogP contribution in [0.3, 0.4) is 0 Å². The van der Waals surface area contributed by atoms with Crippen molar-refractivity contribution in [2.75, 3.05) is 31.1 Å². The van der Waals surface area contributed by atoms with Gasteiger partial charge in [-0.1, -0.05) is 35.5 Å². The molecule has 1 aliphatic rings. The number of halogens is 1. The first-order valence-corrected chi connectivity index (χ1v) is 8.42. The van der Waals surface area contributed by atoms with Gasteiger partial charge < -0.3 is 10.2 Å². The number of hydrogen-bond acceptors (Lipinski definition) is 3. The molecule has 1 fully saturated rings. The maximum absolute atomic E-state index is 6.05. The van der Waals surface area contributed by atoms with Crippen LogP contribution >= 0.6 is 23.4 Å². The maximum Gasteiger partial charge on any atom is 0.0508 e. The lowest BCUT2D eigenvalue weighted by atomic mass is 10.2. The fourth-order valence-electron chi connectivity index (χ4n) is 2.56. The Morgan fingerprint density at radius 3 is 2.57 bits per heavy atom. The van der Waals surface area contributed by atoms with Crippen molar-refractivity contribution < 1.29 is 0 Å². The van der Waals surface area contributed by atoms with Gasteiger partial charge >= 0.3 is 0 Å². The third-order valence-electron chi connectivity index (χ3n) is 3.68. The summed E-state index contributed by atoms with van der Waals surface area (Å²) in [5.74, 6) is 0. The highest BCUT2D eigenvalue weighted by atomic mass is 35.5. The van der Waals surface area contributed by atoms with Gasteiger partial charge in [0.2, 0.25) is 0 Å². The van der Waals surface area contributed by atoms with Gasteiger partial charge in [0.1, 0.15) is 0 Å². The molecule has 0 unspecified atom stereocenters. The number of hydrogen-bond donors (Lipinski definition) is 1. The van der Waals surface area contributed by atoms with Crippen LogP contribution in [0.4, 0.5) is 5.69 Å². The topological polar surface area (TPSA) is 15.3 Å². The van der Waals surface area contributed by atoms with Crippen molar-refractivity contribution in [2.24, 2.45) is 0 Å². The van der Waals surface area contributed by atoms with Gasteiger partial charge in [0.15, 0.2) is 0 Å². The highest BCUT2D eigenvalue weighted by Gasteiger charge is 2.14.